The minimum Gasteiger partial charge on any atom is -0.457 e. The molecule has 2 aromatic heterocycles. The lowest BCUT2D eigenvalue weighted by atomic mass is 10.1. The van der Waals surface area contributed by atoms with Gasteiger partial charge in [0.25, 0.3) is 0 Å². The van der Waals surface area contributed by atoms with Crippen LogP contribution in [0.1, 0.15) is 11.4 Å². The van der Waals surface area contributed by atoms with Crippen molar-refractivity contribution in [2.24, 2.45) is 0 Å². The maximum absolute atomic E-state index is 6.29. The van der Waals surface area contributed by atoms with Crippen molar-refractivity contribution < 1.29 is 9.47 Å². The second-order valence-electron chi connectivity index (χ2n) is 7.21. The molecule has 0 saturated heterocycles. The Labute approximate surface area is 174 Å². The molecular weight excluding hydrogens is 372 g/mol. The number of hydrogen-bond donors (Lipinski definition) is 0. The molecule has 3 aromatic carbocycles. The molecule has 4 nitrogen and oxygen atoms in total. The zero-order valence-electron chi connectivity index (χ0n) is 16.8. The van der Waals surface area contributed by atoms with Crippen LogP contribution in [-0.4, -0.2) is 9.97 Å². The number of hydrogen-bond acceptors (Lipinski definition) is 4. The Morgan fingerprint density at radius 1 is 0.533 bits per heavy atom. The lowest BCUT2D eigenvalue weighted by Crippen LogP contribution is -1.95. The molecule has 2 heterocycles. The van der Waals surface area contributed by atoms with Gasteiger partial charge in [-0.15, -0.1) is 0 Å². The van der Waals surface area contributed by atoms with Crippen molar-refractivity contribution in [3.63, 3.8) is 0 Å². The smallest absolute Gasteiger partial charge is 0.139 e. The fraction of sp³-hybridized carbons (Fsp3) is 0.0769. The monoisotopic (exact) mass is 392 g/mol. The van der Waals surface area contributed by atoms with Gasteiger partial charge >= 0.3 is 0 Å². The summed E-state index contributed by atoms with van der Waals surface area (Å²) in [6.07, 6.45) is 0. The van der Waals surface area contributed by atoms with Crippen LogP contribution in [0.5, 0.6) is 23.0 Å². The quantitative estimate of drug-likeness (QED) is 0.309. The van der Waals surface area contributed by atoms with Gasteiger partial charge in [0.05, 0.1) is 21.8 Å². The Kier molecular flexibility index (Phi) is 4.52. The molecule has 5 aromatic rings. The number of fused-ring (bicyclic) bond motifs is 3. The van der Waals surface area contributed by atoms with Gasteiger partial charge in [0.15, 0.2) is 0 Å². The molecule has 0 aliphatic carbocycles. The Morgan fingerprint density at radius 2 is 0.933 bits per heavy atom. The number of aromatic nitrogens is 2. The number of ether oxygens (including phenoxy) is 2. The van der Waals surface area contributed by atoms with Crippen molar-refractivity contribution in [3.8, 4) is 23.0 Å². The summed E-state index contributed by atoms with van der Waals surface area (Å²) in [7, 11) is 0. The summed E-state index contributed by atoms with van der Waals surface area (Å²) in [5.41, 5.74) is 3.46. The Balaban J connectivity index is 1.79. The van der Waals surface area contributed by atoms with E-state index in [2.05, 4.69) is 0 Å². The van der Waals surface area contributed by atoms with Gasteiger partial charge in [0.2, 0.25) is 0 Å². The van der Waals surface area contributed by atoms with Gasteiger partial charge in [-0.1, -0.05) is 36.4 Å². The number of para-hydroxylation sites is 2. The van der Waals surface area contributed by atoms with Crippen molar-refractivity contribution in [2.45, 2.75) is 13.8 Å². The highest BCUT2D eigenvalue weighted by molar-refractivity contribution is 6.11. The molecule has 0 spiro atoms. The first-order chi connectivity index (χ1) is 14.7. The van der Waals surface area contributed by atoms with Gasteiger partial charge in [-0.3, -0.25) is 9.97 Å². The van der Waals surface area contributed by atoms with E-state index >= 15 is 0 Å². The van der Waals surface area contributed by atoms with Crippen LogP contribution in [0, 0.1) is 13.8 Å². The Morgan fingerprint density at radius 3 is 1.33 bits per heavy atom. The molecule has 5 rings (SSSR count). The summed E-state index contributed by atoms with van der Waals surface area (Å²) < 4.78 is 12.6. The zero-order chi connectivity index (χ0) is 20.5. The Bertz CT molecular complexity index is 1240. The van der Waals surface area contributed by atoms with Crippen molar-refractivity contribution >= 4 is 21.8 Å². The third-order valence-electron chi connectivity index (χ3n) is 4.87. The molecule has 30 heavy (non-hydrogen) atoms. The molecule has 4 heteroatoms. The number of rotatable bonds is 4. The first kappa shape index (κ1) is 18.1. The van der Waals surface area contributed by atoms with E-state index in [0.29, 0.717) is 0 Å². The third-order valence-corrected chi connectivity index (χ3v) is 4.87. The van der Waals surface area contributed by atoms with Gasteiger partial charge in [-0.05, 0) is 50.2 Å². The largest absolute Gasteiger partial charge is 0.457 e. The predicted molar refractivity (Wildman–Crippen MR) is 120 cm³/mol. The van der Waals surface area contributed by atoms with Crippen molar-refractivity contribution in [1.29, 1.82) is 0 Å². The molecule has 0 bridgehead atoms. The lowest BCUT2D eigenvalue weighted by Gasteiger charge is -2.15. The zero-order valence-corrected chi connectivity index (χ0v) is 16.8. The van der Waals surface area contributed by atoms with E-state index in [9.17, 15) is 0 Å². The molecule has 0 unspecified atom stereocenters. The minimum atomic E-state index is 0.734. The second-order valence-corrected chi connectivity index (χ2v) is 7.21. The molecule has 0 fully saturated rings. The van der Waals surface area contributed by atoms with Crippen LogP contribution in [0.15, 0.2) is 84.9 Å². The van der Waals surface area contributed by atoms with E-state index in [1.165, 1.54) is 0 Å². The lowest BCUT2D eigenvalue weighted by molar-refractivity contribution is 0.483. The van der Waals surface area contributed by atoms with E-state index in [0.717, 1.165) is 56.2 Å². The SMILES string of the molecule is Cc1cc(Oc2ccccc2)c2c(ccc3nc(C)cc(Oc4ccccc4)c32)n1. The molecule has 0 N–H and O–H groups in total. The van der Waals surface area contributed by atoms with E-state index in [1.54, 1.807) is 0 Å². The van der Waals surface area contributed by atoms with Gasteiger partial charge in [-0.2, -0.15) is 0 Å². The highest BCUT2D eigenvalue weighted by Gasteiger charge is 2.16. The van der Waals surface area contributed by atoms with Crippen LogP contribution >= 0.6 is 0 Å². The topological polar surface area (TPSA) is 44.2 Å². The number of benzene rings is 3. The molecule has 0 saturated carbocycles. The number of aryl methyl sites for hydroxylation is 2. The Hall–Kier alpha value is -3.92. The van der Waals surface area contributed by atoms with Crippen LogP contribution in [0.4, 0.5) is 0 Å². The van der Waals surface area contributed by atoms with Gasteiger partial charge in [-0.25, -0.2) is 0 Å². The summed E-state index contributed by atoms with van der Waals surface area (Å²) in [5.74, 6) is 3.01. The average molecular weight is 392 g/mol. The van der Waals surface area contributed by atoms with Gasteiger partial charge in [0.1, 0.15) is 23.0 Å². The first-order valence-corrected chi connectivity index (χ1v) is 9.85. The molecule has 0 aliphatic rings. The summed E-state index contributed by atoms with van der Waals surface area (Å²) in [6, 6.07) is 27.4. The average Bonchev–Trinajstić information content (AvgIpc) is 2.74. The van der Waals surface area contributed by atoms with Gasteiger partial charge < -0.3 is 9.47 Å². The molecule has 0 radical (unpaired) electrons. The van der Waals surface area contributed by atoms with Crippen LogP contribution in [0.25, 0.3) is 21.8 Å². The van der Waals surface area contributed by atoms with E-state index in [-0.39, 0.29) is 0 Å². The van der Waals surface area contributed by atoms with E-state index in [4.69, 9.17) is 19.4 Å². The van der Waals surface area contributed by atoms with Crippen LogP contribution in [0.3, 0.4) is 0 Å². The highest BCUT2D eigenvalue weighted by Crippen LogP contribution is 2.40. The molecule has 0 amide bonds. The van der Waals surface area contributed by atoms with E-state index in [1.807, 2.05) is 98.8 Å². The standard InChI is InChI=1S/C26H20N2O2/c1-17-15-23(29-19-9-5-3-6-10-19)25-21(27-17)13-14-22-26(25)24(16-18(2)28-22)30-20-11-7-4-8-12-20/h3-16H,1-2H3. The summed E-state index contributed by atoms with van der Waals surface area (Å²) >= 11 is 0. The fourth-order valence-electron chi connectivity index (χ4n) is 3.63. The second kappa shape index (κ2) is 7.48. The van der Waals surface area contributed by atoms with Crippen LogP contribution in [0.2, 0.25) is 0 Å². The maximum Gasteiger partial charge on any atom is 0.139 e. The molecule has 146 valence electrons. The fourth-order valence-corrected chi connectivity index (χ4v) is 3.63. The summed E-state index contributed by atoms with van der Waals surface area (Å²) in [6.45, 7) is 3.94. The maximum atomic E-state index is 6.29. The third kappa shape index (κ3) is 3.44. The normalized spacial score (nSPS) is 11.0. The molecular formula is C26H20N2O2. The number of nitrogens with zero attached hydrogens (tertiary/aromatic N) is 2. The summed E-state index contributed by atoms with van der Waals surface area (Å²) in [5, 5.41) is 1.78. The van der Waals surface area contributed by atoms with Crippen molar-refractivity contribution in [3.05, 3.63) is 96.3 Å². The van der Waals surface area contributed by atoms with E-state index < -0.39 is 0 Å². The predicted octanol–water partition coefficient (Wildman–Crippen LogP) is 6.98. The van der Waals surface area contributed by atoms with Crippen molar-refractivity contribution in [2.75, 3.05) is 0 Å². The minimum absolute atomic E-state index is 0.734. The molecule has 0 aliphatic heterocycles. The first-order valence-electron chi connectivity index (χ1n) is 9.85. The van der Waals surface area contributed by atoms with Crippen molar-refractivity contribution in [1.82, 2.24) is 9.97 Å². The molecule has 0 atom stereocenters. The van der Waals surface area contributed by atoms with Crippen LogP contribution < -0.4 is 9.47 Å². The van der Waals surface area contributed by atoms with Gasteiger partial charge in [0, 0.05) is 23.5 Å². The summed E-state index contributed by atoms with van der Waals surface area (Å²) in [4.78, 5) is 9.47. The van der Waals surface area contributed by atoms with Crippen LogP contribution in [-0.2, 0) is 0 Å². The number of pyridine rings is 2. The highest BCUT2D eigenvalue weighted by atomic mass is 16.5.